The number of hydrogen-bond donors (Lipinski definition) is 0. The van der Waals surface area contributed by atoms with Crippen LogP contribution < -0.4 is 10.5 Å². The highest BCUT2D eigenvalue weighted by molar-refractivity contribution is 6.33. The minimum absolute atomic E-state index is 0.152. The highest BCUT2D eigenvalue weighted by atomic mass is 35.5. The first-order valence-electron chi connectivity index (χ1n) is 8.81. The van der Waals surface area contributed by atoms with Crippen molar-refractivity contribution in [2.24, 2.45) is 7.05 Å². The molecule has 2 heterocycles. The van der Waals surface area contributed by atoms with Gasteiger partial charge in [0.1, 0.15) is 0 Å². The van der Waals surface area contributed by atoms with Crippen molar-refractivity contribution in [3.05, 3.63) is 69.6 Å². The van der Waals surface area contributed by atoms with E-state index in [1.807, 2.05) is 30.3 Å². The maximum Gasteiger partial charge on any atom is 0.275 e. The number of aryl methyl sites for hydroxylation is 1. The van der Waals surface area contributed by atoms with Crippen LogP contribution in [0.4, 0.5) is 5.69 Å². The molecule has 2 aromatic carbocycles. The molecule has 1 aliphatic heterocycles. The molecule has 27 heavy (non-hydrogen) atoms. The molecule has 0 atom stereocenters. The monoisotopic (exact) mass is 382 g/mol. The fourth-order valence-corrected chi connectivity index (χ4v) is 3.72. The number of nitrogens with zero attached hydrogens (tertiary/aromatic N) is 4. The maximum atomic E-state index is 13.1. The Kier molecular flexibility index (Phi) is 4.58. The molecular weight excluding hydrogens is 364 g/mol. The number of carbonyl (C=O) groups excluding carboxylic acids is 1. The SMILES string of the molecule is Cn1nc(C(=O)N2CCN(c3ccccc3Cl)CC2)c2ccccc2c1=O. The van der Waals surface area contributed by atoms with Crippen molar-refractivity contribution in [3.8, 4) is 0 Å². The van der Waals surface area contributed by atoms with Crippen LogP contribution in [0.25, 0.3) is 10.8 Å². The van der Waals surface area contributed by atoms with Gasteiger partial charge in [0.2, 0.25) is 0 Å². The molecule has 1 saturated heterocycles. The molecule has 7 heteroatoms. The summed E-state index contributed by atoms with van der Waals surface area (Å²) in [4.78, 5) is 29.3. The van der Waals surface area contributed by atoms with Crippen molar-refractivity contribution in [2.75, 3.05) is 31.1 Å². The predicted octanol–water partition coefficient (Wildman–Crippen LogP) is 2.55. The molecule has 3 aromatic rings. The number of halogens is 1. The minimum Gasteiger partial charge on any atom is -0.367 e. The molecule has 0 bridgehead atoms. The van der Waals surface area contributed by atoms with Gasteiger partial charge in [-0.05, 0) is 18.2 Å². The van der Waals surface area contributed by atoms with E-state index < -0.39 is 0 Å². The number of anilines is 1. The van der Waals surface area contributed by atoms with Gasteiger partial charge in [0, 0.05) is 38.6 Å². The Morgan fingerprint density at radius 3 is 2.30 bits per heavy atom. The molecule has 0 unspecified atom stereocenters. The Morgan fingerprint density at radius 2 is 1.59 bits per heavy atom. The summed E-state index contributed by atoms with van der Waals surface area (Å²) >= 11 is 6.29. The van der Waals surface area contributed by atoms with E-state index in [0.29, 0.717) is 47.7 Å². The van der Waals surface area contributed by atoms with Crippen molar-refractivity contribution in [2.45, 2.75) is 0 Å². The van der Waals surface area contributed by atoms with Crippen molar-refractivity contribution in [1.29, 1.82) is 0 Å². The Balaban J connectivity index is 1.59. The van der Waals surface area contributed by atoms with Crippen molar-refractivity contribution >= 4 is 34.0 Å². The Morgan fingerprint density at radius 1 is 0.963 bits per heavy atom. The van der Waals surface area contributed by atoms with Crippen LogP contribution in [0.2, 0.25) is 5.02 Å². The summed E-state index contributed by atoms with van der Waals surface area (Å²) in [5, 5.41) is 6.06. The average Bonchev–Trinajstić information content (AvgIpc) is 2.71. The zero-order chi connectivity index (χ0) is 19.0. The highest BCUT2D eigenvalue weighted by Crippen LogP contribution is 2.26. The number of para-hydroxylation sites is 1. The summed E-state index contributed by atoms with van der Waals surface area (Å²) in [5.74, 6) is -0.152. The lowest BCUT2D eigenvalue weighted by Gasteiger charge is -2.36. The van der Waals surface area contributed by atoms with Crippen LogP contribution in [-0.2, 0) is 7.05 Å². The summed E-state index contributed by atoms with van der Waals surface area (Å²) in [7, 11) is 1.57. The number of benzene rings is 2. The fourth-order valence-electron chi connectivity index (χ4n) is 3.47. The van der Waals surface area contributed by atoms with Gasteiger partial charge in [-0.2, -0.15) is 5.10 Å². The molecule has 1 aliphatic rings. The number of amides is 1. The van der Waals surface area contributed by atoms with E-state index >= 15 is 0 Å². The maximum absolute atomic E-state index is 13.1. The van der Waals surface area contributed by atoms with Crippen molar-refractivity contribution in [1.82, 2.24) is 14.7 Å². The van der Waals surface area contributed by atoms with Gasteiger partial charge >= 0.3 is 0 Å². The quantitative estimate of drug-likeness (QED) is 0.683. The second-order valence-electron chi connectivity index (χ2n) is 6.55. The zero-order valence-electron chi connectivity index (χ0n) is 14.9. The van der Waals surface area contributed by atoms with E-state index in [4.69, 9.17) is 11.6 Å². The van der Waals surface area contributed by atoms with Gasteiger partial charge in [-0.25, -0.2) is 4.68 Å². The molecule has 138 valence electrons. The first-order chi connectivity index (χ1) is 13.1. The van der Waals surface area contributed by atoms with E-state index in [9.17, 15) is 9.59 Å². The second-order valence-corrected chi connectivity index (χ2v) is 6.96. The highest BCUT2D eigenvalue weighted by Gasteiger charge is 2.26. The lowest BCUT2D eigenvalue weighted by Crippen LogP contribution is -2.49. The average molecular weight is 383 g/mol. The van der Waals surface area contributed by atoms with E-state index in [2.05, 4.69) is 10.00 Å². The summed E-state index contributed by atoms with van der Waals surface area (Å²) in [5.41, 5.74) is 1.10. The smallest absolute Gasteiger partial charge is 0.275 e. The van der Waals surface area contributed by atoms with Gasteiger partial charge in [-0.1, -0.05) is 41.9 Å². The Bertz CT molecular complexity index is 1070. The van der Waals surface area contributed by atoms with E-state index in [1.165, 1.54) is 4.68 Å². The largest absolute Gasteiger partial charge is 0.367 e. The predicted molar refractivity (Wildman–Crippen MR) is 107 cm³/mol. The standard InChI is InChI=1S/C20H19ClN4O2/c1-23-19(26)15-7-3-2-6-14(15)18(22-23)20(27)25-12-10-24(11-13-25)17-9-5-4-8-16(17)21/h2-9H,10-13H2,1H3. The third kappa shape index (κ3) is 3.17. The van der Waals surface area contributed by atoms with Crippen molar-refractivity contribution < 1.29 is 4.79 Å². The van der Waals surface area contributed by atoms with Gasteiger partial charge in [-0.3, -0.25) is 9.59 Å². The van der Waals surface area contributed by atoms with Gasteiger partial charge < -0.3 is 9.80 Å². The van der Waals surface area contributed by atoms with Crippen LogP contribution in [-0.4, -0.2) is 46.8 Å². The molecule has 1 fully saturated rings. The van der Waals surface area contributed by atoms with Crippen LogP contribution in [0.1, 0.15) is 10.5 Å². The molecule has 0 N–H and O–H groups in total. The van der Waals surface area contributed by atoms with Crippen LogP contribution >= 0.6 is 11.6 Å². The third-order valence-corrected chi connectivity index (χ3v) is 5.24. The number of aromatic nitrogens is 2. The lowest BCUT2D eigenvalue weighted by atomic mass is 10.1. The molecule has 0 aliphatic carbocycles. The Hall–Kier alpha value is -2.86. The Labute approximate surface area is 161 Å². The minimum atomic E-state index is -0.203. The van der Waals surface area contributed by atoms with Crippen LogP contribution in [0, 0.1) is 0 Å². The molecule has 0 spiro atoms. The van der Waals surface area contributed by atoms with Gasteiger partial charge in [0.15, 0.2) is 5.69 Å². The number of carbonyl (C=O) groups is 1. The number of hydrogen-bond acceptors (Lipinski definition) is 4. The van der Waals surface area contributed by atoms with E-state index in [-0.39, 0.29) is 11.5 Å². The molecule has 6 nitrogen and oxygen atoms in total. The van der Waals surface area contributed by atoms with Gasteiger partial charge in [0.05, 0.1) is 16.1 Å². The summed E-state index contributed by atoms with van der Waals surface area (Å²) in [6.45, 7) is 2.53. The molecule has 0 radical (unpaired) electrons. The first-order valence-corrected chi connectivity index (χ1v) is 9.19. The lowest BCUT2D eigenvalue weighted by molar-refractivity contribution is 0.0740. The molecular formula is C20H19ClN4O2. The summed E-state index contributed by atoms with van der Waals surface area (Å²) in [6.07, 6.45) is 0. The van der Waals surface area contributed by atoms with Gasteiger partial charge in [0.25, 0.3) is 11.5 Å². The molecule has 1 aromatic heterocycles. The molecule has 4 rings (SSSR count). The first kappa shape index (κ1) is 17.5. The van der Waals surface area contributed by atoms with Crippen LogP contribution in [0.5, 0.6) is 0 Å². The summed E-state index contributed by atoms with van der Waals surface area (Å²) < 4.78 is 1.23. The van der Waals surface area contributed by atoms with Crippen LogP contribution in [0.3, 0.4) is 0 Å². The van der Waals surface area contributed by atoms with Crippen molar-refractivity contribution in [3.63, 3.8) is 0 Å². The number of fused-ring (bicyclic) bond motifs is 1. The summed E-state index contributed by atoms with van der Waals surface area (Å²) in [6, 6.07) is 14.8. The van der Waals surface area contributed by atoms with E-state index in [1.54, 1.807) is 30.1 Å². The van der Waals surface area contributed by atoms with E-state index in [0.717, 1.165) is 5.69 Å². The number of piperazine rings is 1. The topological polar surface area (TPSA) is 58.4 Å². The third-order valence-electron chi connectivity index (χ3n) is 4.92. The fraction of sp³-hybridized carbons (Fsp3) is 0.250. The molecule has 1 amide bonds. The zero-order valence-corrected chi connectivity index (χ0v) is 15.7. The van der Waals surface area contributed by atoms with Gasteiger partial charge in [-0.15, -0.1) is 0 Å². The normalized spacial score (nSPS) is 14.6. The van der Waals surface area contributed by atoms with Crippen LogP contribution in [0.15, 0.2) is 53.3 Å². The molecule has 0 saturated carbocycles. The number of rotatable bonds is 2. The second kappa shape index (κ2) is 7.04.